The lowest BCUT2D eigenvalue weighted by Gasteiger charge is -2.27. The van der Waals surface area contributed by atoms with Gasteiger partial charge in [-0.05, 0) is 91.8 Å². The van der Waals surface area contributed by atoms with Crippen LogP contribution in [0.4, 0.5) is 14.5 Å². The summed E-state index contributed by atoms with van der Waals surface area (Å²) in [7, 11) is -3.70. The Labute approximate surface area is 304 Å². The Bertz CT molecular complexity index is 1860. The van der Waals surface area contributed by atoms with Crippen LogP contribution in [0.5, 0.6) is 17.2 Å². The van der Waals surface area contributed by atoms with Crippen LogP contribution in [0.2, 0.25) is 10.0 Å². The van der Waals surface area contributed by atoms with Gasteiger partial charge < -0.3 is 23.8 Å². The predicted octanol–water partition coefficient (Wildman–Crippen LogP) is 7.07. The summed E-state index contributed by atoms with van der Waals surface area (Å²) in [6, 6.07) is 7.79. The van der Waals surface area contributed by atoms with Gasteiger partial charge in [-0.15, -0.1) is 0 Å². The number of carbonyl (C=O) groups excluding carboxylic acids is 2. The number of benzene rings is 2. The first-order chi connectivity index (χ1) is 24.3. The van der Waals surface area contributed by atoms with Crippen LogP contribution in [0.15, 0.2) is 48.8 Å². The van der Waals surface area contributed by atoms with Crippen molar-refractivity contribution in [3.05, 3.63) is 75.5 Å². The second kappa shape index (κ2) is 15.8. The molecular formula is C35H37Cl2F2N3O8S. The quantitative estimate of drug-likeness (QED) is 0.152. The third-order valence-corrected chi connectivity index (χ3v) is 10.0. The Hall–Kier alpha value is -3.88. The van der Waals surface area contributed by atoms with Gasteiger partial charge in [0.2, 0.25) is 10.0 Å². The number of amides is 1. The molecule has 0 spiro atoms. The number of sulfonamides is 1. The number of halogens is 4. The third-order valence-electron chi connectivity index (χ3n) is 8.81. The molecule has 1 saturated heterocycles. The normalized spacial score (nSPS) is 18.0. The van der Waals surface area contributed by atoms with Crippen LogP contribution in [0.1, 0.15) is 66.1 Å². The number of likely N-dealkylation sites (tertiary alicyclic amines) is 1. The second-order valence-corrected chi connectivity index (χ2v) is 15.6. The van der Waals surface area contributed by atoms with Crippen molar-refractivity contribution in [2.24, 2.45) is 11.8 Å². The van der Waals surface area contributed by atoms with E-state index in [4.69, 9.17) is 42.1 Å². The summed E-state index contributed by atoms with van der Waals surface area (Å²) in [5, 5.41) is 0.458. The van der Waals surface area contributed by atoms with Crippen LogP contribution in [0.25, 0.3) is 0 Å². The van der Waals surface area contributed by atoms with E-state index in [0.29, 0.717) is 54.8 Å². The molecule has 2 aromatic carbocycles. The highest BCUT2D eigenvalue weighted by Crippen LogP contribution is 2.39. The maximum atomic E-state index is 14.0. The fraction of sp³-hybridized carbons (Fsp3) is 0.457. The van der Waals surface area contributed by atoms with Gasteiger partial charge in [-0.3, -0.25) is 14.5 Å². The molecule has 1 unspecified atom stereocenters. The van der Waals surface area contributed by atoms with Crippen LogP contribution in [-0.4, -0.2) is 68.8 Å². The summed E-state index contributed by atoms with van der Waals surface area (Å²) in [5.41, 5.74) is 1.11. The minimum atomic E-state index is -3.70. The van der Waals surface area contributed by atoms with E-state index in [1.54, 1.807) is 0 Å². The Kier molecular flexibility index (Phi) is 11.4. The summed E-state index contributed by atoms with van der Waals surface area (Å²) >= 11 is 12.9. The van der Waals surface area contributed by atoms with Crippen LogP contribution in [0, 0.1) is 11.8 Å². The number of rotatable bonds is 16. The van der Waals surface area contributed by atoms with Crippen molar-refractivity contribution in [1.82, 2.24) is 9.88 Å². The number of hydrogen-bond donors (Lipinski definition) is 1. The Morgan fingerprint density at radius 3 is 2.22 bits per heavy atom. The van der Waals surface area contributed by atoms with Crippen molar-refractivity contribution >= 4 is 50.8 Å². The van der Waals surface area contributed by atoms with Gasteiger partial charge in [0.05, 0.1) is 35.2 Å². The number of carbonyl (C=O) groups is 2. The van der Waals surface area contributed by atoms with Crippen molar-refractivity contribution in [3.8, 4) is 17.2 Å². The largest absolute Gasteiger partial charge is 0.491 e. The second-order valence-electron chi connectivity index (χ2n) is 13.0. The van der Waals surface area contributed by atoms with E-state index in [9.17, 15) is 26.8 Å². The van der Waals surface area contributed by atoms with Crippen LogP contribution in [0.3, 0.4) is 0 Å². The zero-order chi connectivity index (χ0) is 36.3. The van der Waals surface area contributed by atoms with Crippen LogP contribution in [-0.2, 0) is 26.0 Å². The lowest BCUT2D eigenvalue weighted by Crippen LogP contribution is -2.42. The number of hydrogen-bond acceptors (Lipinski definition) is 9. The zero-order valence-electron chi connectivity index (χ0n) is 27.7. The molecule has 1 N–H and O–H groups in total. The number of nitrogens with one attached hydrogen (secondary N) is 1. The van der Waals surface area contributed by atoms with E-state index in [2.05, 4.69) is 9.71 Å². The lowest BCUT2D eigenvalue weighted by atomic mass is 10.0. The molecule has 274 valence electrons. The fourth-order valence-electron chi connectivity index (χ4n) is 5.77. The summed E-state index contributed by atoms with van der Waals surface area (Å²) in [6.07, 6.45) is 7.58. The first-order valence-corrected chi connectivity index (χ1v) is 19.2. The zero-order valence-corrected chi connectivity index (χ0v) is 30.0. The predicted molar refractivity (Wildman–Crippen MR) is 185 cm³/mol. The van der Waals surface area contributed by atoms with Crippen molar-refractivity contribution in [1.29, 1.82) is 0 Å². The number of nitrogens with zero attached hydrogens (tertiary/aromatic N) is 2. The maximum Gasteiger partial charge on any atom is 0.387 e. The Morgan fingerprint density at radius 2 is 1.59 bits per heavy atom. The van der Waals surface area contributed by atoms with Gasteiger partial charge in [0.25, 0.3) is 5.91 Å². The molecule has 0 radical (unpaired) electrons. The van der Waals surface area contributed by atoms with Crippen molar-refractivity contribution in [2.75, 3.05) is 30.7 Å². The summed E-state index contributed by atoms with van der Waals surface area (Å²) in [4.78, 5) is 33.2. The SMILES string of the molecule is CS(=O)(=O)Nc1cc(C(=O)N2CCC[C@H]2C(=O)OC(Cc2c(Cl)cncc2Cl)c2ccc(OC(F)F)c(OCC3CC3)c2)ccc1OCC1CC1. The van der Waals surface area contributed by atoms with Gasteiger partial charge >= 0.3 is 12.6 Å². The van der Waals surface area contributed by atoms with Crippen molar-refractivity contribution < 1.29 is 45.7 Å². The first-order valence-electron chi connectivity index (χ1n) is 16.6. The highest BCUT2D eigenvalue weighted by Gasteiger charge is 2.38. The third kappa shape index (κ3) is 9.92. The number of esters is 1. The molecule has 0 bridgehead atoms. The summed E-state index contributed by atoms with van der Waals surface area (Å²) in [5.74, 6) is -0.294. The first kappa shape index (κ1) is 36.9. The van der Waals surface area contributed by atoms with E-state index in [-0.39, 0.29) is 45.8 Å². The number of alkyl halides is 2. The highest BCUT2D eigenvalue weighted by molar-refractivity contribution is 7.92. The van der Waals surface area contributed by atoms with E-state index < -0.39 is 40.7 Å². The molecule has 3 aromatic rings. The molecule has 11 nitrogen and oxygen atoms in total. The number of anilines is 1. The maximum absolute atomic E-state index is 14.0. The van der Waals surface area contributed by atoms with Crippen molar-refractivity contribution in [2.45, 2.75) is 63.7 Å². The van der Waals surface area contributed by atoms with Crippen molar-refractivity contribution in [3.63, 3.8) is 0 Å². The molecule has 2 heterocycles. The van der Waals surface area contributed by atoms with Gasteiger partial charge in [-0.2, -0.15) is 8.78 Å². The topological polar surface area (TPSA) is 133 Å². The number of pyridine rings is 1. The van der Waals surface area contributed by atoms with Crippen LogP contribution >= 0.6 is 23.2 Å². The minimum absolute atomic E-state index is 0.00739. The molecule has 1 aliphatic heterocycles. The summed E-state index contributed by atoms with van der Waals surface area (Å²) < 4.78 is 75.7. The lowest BCUT2D eigenvalue weighted by molar-refractivity contribution is -0.154. The summed E-state index contributed by atoms with van der Waals surface area (Å²) in [6.45, 7) is -2.10. The molecule has 2 aliphatic carbocycles. The molecule has 1 aromatic heterocycles. The van der Waals surface area contributed by atoms with E-state index >= 15 is 0 Å². The number of aromatic nitrogens is 1. The highest BCUT2D eigenvalue weighted by atomic mass is 35.5. The van der Waals surface area contributed by atoms with Gasteiger partial charge in [-0.1, -0.05) is 29.3 Å². The van der Waals surface area contributed by atoms with Crippen LogP contribution < -0.4 is 18.9 Å². The number of ether oxygens (including phenoxy) is 4. The average molecular weight is 769 g/mol. The van der Waals surface area contributed by atoms with E-state index in [1.807, 2.05) is 0 Å². The molecule has 3 fully saturated rings. The fourth-order valence-corrected chi connectivity index (χ4v) is 6.85. The van der Waals surface area contributed by atoms with E-state index in [1.165, 1.54) is 53.7 Å². The van der Waals surface area contributed by atoms with Gasteiger partial charge in [0, 0.05) is 30.9 Å². The molecule has 16 heteroatoms. The molecule has 6 rings (SSSR count). The average Bonchev–Trinajstić information content (AvgIpc) is 4.02. The molecule has 2 atom stereocenters. The molecular weight excluding hydrogens is 731 g/mol. The van der Waals surface area contributed by atoms with Gasteiger partial charge in [0.1, 0.15) is 17.9 Å². The molecule has 2 saturated carbocycles. The Morgan fingerprint density at radius 1 is 0.941 bits per heavy atom. The molecule has 1 amide bonds. The van der Waals surface area contributed by atoms with Gasteiger partial charge in [-0.25, -0.2) is 13.2 Å². The minimum Gasteiger partial charge on any atom is -0.491 e. The molecule has 51 heavy (non-hydrogen) atoms. The van der Waals surface area contributed by atoms with E-state index in [0.717, 1.165) is 31.9 Å². The Balaban J connectivity index is 1.26. The van der Waals surface area contributed by atoms with Gasteiger partial charge in [0.15, 0.2) is 11.5 Å². The molecule has 3 aliphatic rings. The standard InChI is InChI=1S/C35H37Cl2F2N3O8S/c1-51(45,46)41-27-13-23(9-10-29(27)47-18-20-4-5-20)33(43)42-12-2-3-28(42)34(44)49-31(15-24-25(36)16-40-17-26(24)37)22-8-11-30(50-35(38)39)32(14-22)48-19-21-6-7-21/h8-11,13-14,16-17,20-21,28,31,35,41H,2-7,12,15,18-19H2,1H3/t28-,31?/m0/s1. The smallest absolute Gasteiger partial charge is 0.387 e. The monoisotopic (exact) mass is 767 g/mol.